The van der Waals surface area contributed by atoms with Gasteiger partial charge in [-0.3, -0.25) is 0 Å². The van der Waals surface area contributed by atoms with E-state index in [9.17, 15) is 18.0 Å². The Morgan fingerprint density at radius 3 is 2.30 bits per heavy atom. The SMILES string of the molecule is CCCCn1cc[n+](C)c1C(=O)O.O=C([O-])C(F)(F)F. The average molecular weight is 296 g/mol. The Morgan fingerprint density at radius 2 is 1.95 bits per heavy atom. The molecule has 0 atom stereocenters. The molecule has 0 spiro atoms. The largest absolute Gasteiger partial charge is 0.542 e. The third-order valence-corrected chi connectivity index (χ3v) is 2.25. The van der Waals surface area contributed by atoms with Gasteiger partial charge in [0, 0.05) is 0 Å². The van der Waals surface area contributed by atoms with E-state index in [0.717, 1.165) is 19.4 Å². The Labute approximate surface area is 113 Å². The Kier molecular flexibility index (Phi) is 6.74. The number of carbonyl (C=O) groups excluding carboxylic acids is 1. The minimum atomic E-state index is -5.19. The number of aliphatic carboxylic acids is 1. The first-order valence-electron chi connectivity index (χ1n) is 5.67. The van der Waals surface area contributed by atoms with Crippen molar-refractivity contribution in [3.05, 3.63) is 18.2 Å². The highest BCUT2D eigenvalue weighted by Gasteiger charge is 2.28. The van der Waals surface area contributed by atoms with Crippen LogP contribution in [-0.4, -0.2) is 27.8 Å². The van der Waals surface area contributed by atoms with E-state index in [0.29, 0.717) is 5.82 Å². The highest BCUT2D eigenvalue weighted by Crippen LogP contribution is 2.11. The maximum atomic E-state index is 10.8. The van der Waals surface area contributed by atoms with Crippen molar-refractivity contribution in [3.8, 4) is 0 Å². The second kappa shape index (κ2) is 7.51. The summed E-state index contributed by atoms with van der Waals surface area (Å²) in [7, 11) is 1.74. The van der Waals surface area contributed by atoms with Gasteiger partial charge in [0.15, 0.2) is 0 Å². The number of unbranched alkanes of at least 4 members (excludes halogenated alkanes) is 1. The van der Waals surface area contributed by atoms with Crippen molar-refractivity contribution >= 4 is 11.9 Å². The lowest BCUT2D eigenvalue weighted by Gasteiger charge is -2.03. The Hall–Kier alpha value is -2.06. The van der Waals surface area contributed by atoms with Crippen LogP contribution >= 0.6 is 0 Å². The van der Waals surface area contributed by atoms with Crippen LogP contribution in [0.4, 0.5) is 13.2 Å². The summed E-state index contributed by atoms with van der Waals surface area (Å²) in [6.07, 6.45) is 0.453. The fourth-order valence-electron chi connectivity index (χ4n) is 1.31. The summed E-state index contributed by atoms with van der Waals surface area (Å²) in [6, 6.07) is 0. The second-order valence-corrected chi connectivity index (χ2v) is 3.87. The van der Waals surface area contributed by atoms with Gasteiger partial charge in [-0.2, -0.15) is 13.2 Å². The standard InChI is InChI=1S/C9H14N2O2.C2HF3O2/c1-3-4-5-11-7-6-10(2)8(11)9(12)13;3-2(4,5)1(6)7/h6-7H,3-5H2,1-2H3;(H,6,7). The predicted octanol–water partition coefficient (Wildman–Crippen LogP) is 0.109. The Balaban J connectivity index is 0.000000441. The first-order valence-corrected chi connectivity index (χ1v) is 5.67. The van der Waals surface area contributed by atoms with Gasteiger partial charge >= 0.3 is 18.0 Å². The number of carboxylic acid groups (broad SMARTS) is 2. The summed E-state index contributed by atoms with van der Waals surface area (Å²) in [5.41, 5.74) is 0. The van der Waals surface area contributed by atoms with E-state index < -0.39 is 18.1 Å². The number of aryl methyl sites for hydroxylation is 2. The molecule has 0 saturated heterocycles. The lowest BCUT2D eigenvalue weighted by atomic mass is 10.3. The minimum Gasteiger partial charge on any atom is -0.542 e. The molecule has 0 aromatic carbocycles. The second-order valence-electron chi connectivity index (χ2n) is 3.87. The molecule has 6 nitrogen and oxygen atoms in total. The molecular formula is C11H15F3N2O4. The van der Waals surface area contributed by atoms with Gasteiger partial charge in [0.25, 0.3) is 0 Å². The molecule has 0 aliphatic carbocycles. The van der Waals surface area contributed by atoms with Crippen molar-refractivity contribution < 1.29 is 37.5 Å². The van der Waals surface area contributed by atoms with E-state index in [1.165, 1.54) is 0 Å². The highest BCUT2D eigenvalue weighted by atomic mass is 19.4. The van der Waals surface area contributed by atoms with Crippen molar-refractivity contribution in [2.75, 3.05) is 0 Å². The van der Waals surface area contributed by atoms with Gasteiger partial charge < -0.3 is 15.0 Å². The van der Waals surface area contributed by atoms with Crippen molar-refractivity contribution in [1.29, 1.82) is 0 Å². The average Bonchev–Trinajstić information content (AvgIpc) is 2.67. The number of aromatic nitrogens is 2. The van der Waals surface area contributed by atoms with Crippen LogP contribution in [0, 0.1) is 0 Å². The van der Waals surface area contributed by atoms with Crippen LogP contribution in [0.3, 0.4) is 0 Å². The van der Waals surface area contributed by atoms with Gasteiger partial charge in [0.05, 0.1) is 13.6 Å². The monoisotopic (exact) mass is 296 g/mol. The number of nitrogens with zero attached hydrogens (tertiary/aromatic N) is 2. The molecule has 0 aliphatic heterocycles. The first-order chi connectivity index (χ1) is 9.11. The highest BCUT2D eigenvalue weighted by molar-refractivity contribution is 5.81. The molecular weight excluding hydrogens is 281 g/mol. The molecule has 1 aromatic rings. The van der Waals surface area contributed by atoms with Crippen LogP contribution in [0.1, 0.15) is 30.4 Å². The summed E-state index contributed by atoms with van der Waals surface area (Å²) in [5.74, 6) is -3.54. The summed E-state index contributed by atoms with van der Waals surface area (Å²) in [5, 5.41) is 17.7. The number of alkyl halides is 3. The summed E-state index contributed by atoms with van der Waals surface area (Å²) >= 11 is 0. The van der Waals surface area contributed by atoms with E-state index >= 15 is 0 Å². The molecule has 1 heterocycles. The lowest BCUT2D eigenvalue weighted by Crippen LogP contribution is -2.37. The molecule has 0 unspecified atom stereocenters. The predicted molar refractivity (Wildman–Crippen MR) is 58.5 cm³/mol. The third kappa shape index (κ3) is 5.72. The van der Waals surface area contributed by atoms with Gasteiger partial charge in [-0.05, 0) is 6.42 Å². The molecule has 1 aromatic heterocycles. The van der Waals surface area contributed by atoms with Gasteiger partial charge in [-0.15, -0.1) is 0 Å². The molecule has 1 N–H and O–H groups in total. The number of halogens is 3. The fourth-order valence-corrected chi connectivity index (χ4v) is 1.31. The minimum absolute atomic E-state index is 0.341. The number of imidazole rings is 1. The number of hydrogen-bond donors (Lipinski definition) is 1. The normalized spacial score (nSPS) is 10.7. The van der Waals surface area contributed by atoms with Crippen LogP contribution in [0.25, 0.3) is 0 Å². The first kappa shape index (κ1) is 17.9. The number of aromatic carboxylic acids is 1. The molecule has 114 valence electrons. The molecule has 20 heavy (non-hydrogen) atoms. The van der Waals surface area contributed by atoms with E-state index in [1.807, 2.05) is 0 Å². The zero-order chi connectivity index (χ0) is 15.9. The van der Waals surface area contributed by atoms with Gasteiger partial charge in [0.2, 0.25) is 0 Å². The van der Waals surface area contributed by atoms with Crippen LogP contribution in [0.5, 0.6) is 0 Å². The topological polar surface area (TPSA) is 86.2 Å². The Morgan fingerprint density at radius 1 is 1.45 bits per heavy atom. The lowest BCUT2D eigenvalue weighted by molar-refractivity contribution is -0.673. The molecule has 0 bridgehead atoms. The number of hydrogen-bond acceptors (Lipinski definition) is 3. The van der Waals surface area contributed by atoms with E-state index in [-0.39, 0.29) is 0 Å². The molecule has 1 rings (SSSR count). The fraction of sp³-hybridized carbons (Fsp3) is 0.545. The molecule has 0 radical (unpaired) electrons. The maximum absolute atomic E-state index is 10.8. The summed E-state index contributed by atoms with van der Waals surface area (Å²) < 4.78 is 34.9. The van der Waals surface area contributed by atoms with Crippen LogP contribution in [0.2, 0.25) is 0 Å². The van der Waals surface area contributed by atoms with E-state index in [1.54, 1.807) is 28.6 Å². The van der Waals surface area contributed by atoms with Crippen molar-refractivity contribution in [1.82, 2.24) is 4.57 Å². The van der Waals surface area contributed by atoms with Crippen LogP contribution in [0.15, 0.2) is 12.4 Å². The van der Waals surface area contributed by atoms with Crippen LogP contribution < -0.4 is 9.67 Å². The molecule has 0 saturated carbocycles. The van der Waals surface area contributed by atoms with E-state index in [2.05, 4.69) is 6.92 Å². The Bertz CT molecular complexity index is 469. The summed E-state index contributed by atoms with van der Waals surface area (Å²) in [6.45, 7) is 2.86. The smallest absolute Gasteiger partial charge is 0.430 e. The van der Waals surface area contributed by atoms with E-state index in [4.69, 9.17) is 15.0 Å². The van der Waals surface area contributed by atoms with Gasteiger partial charge in [-0.1, -0.05) is 13.3 Å². The van der Waals surface area contributed by atoms with Gasteiger partial charge in [-0.25, -0.2) is 13.9 Å². The quantitative estimate of drug-likeness (QED) is 0.799. The number of rotatable bonds is 4. The molecule has 9 heteroatoms. The zero-order valence-electron chi connectivity index (χ0n) is 11.0. The molecule has 0 amide bonds. The number of carboxylic acids is 2. The van der Waals surface area contributed by atoms with Crippen molar-refractivity contribution in [2.45, 2.75) is 32.5 Å². The summed E-state index contributed by atoms with van der Waals surface area (Å²) in [4.78, 5) is 19.6. The van der Waals surface area contributed by atoms with Crippen molar-refractivity contribution in [3.63, 3.8) is 0 Å². The molecule has 0 aliphatic rings. The van der Waals surface area contributed by atoms with Gasteiger partial charge in [0.1, 0.15) is 18.4 Å². The number of carbonyl (C=O) groups is 2. The zero-order valence-corrected chi connectivity index (χ0v) is 11.0. The molecule has 0 fully saturated rings. The third-order valence-electron chi connectivity index (χ3n) is 2.25. The van der Waals surface area contributed by atoms with Crippen molar-refractivity contribution in [2.24, 2.45) is 7.05 Å². The maximum Gasteiger partial charge on any atom is 0.430 e. The van der Waals surface area contributed by atoms with Crippen LogP contribution in [-0.2, 0) is 18.4 Å².